The van der Waals surface area contributed by atoms with Gasteiger partial charge in [0.25, 0.3) is 0 Å². The van der Waals surface area contributed by atoms with Gasteiger partial charge in [-0.3, -0.25) is 0 Å². The SMILES string of the molecule is COc1cc(Br)c2oc(-c3ccc(OC)c(Cl)c3)nc2c1. The van der Waals surface area contributed by atoms with Gasteiger partial charge in [0.2, 0.25) is 5.89 Å². The second-order valence-corrected chi connectivity index (χ2v) is 5.59. The highest BCUT2D eigenvalue weighted by molar-refractivity contribution is 9.10. The molecule has 108 valence electrons. The zero-order chi connectivity index (χ0) is 15.0. The number of hydrogen-bond donors (Lipinski definition) is 0. The van der Waals surface area contributed by atoms with Crippen molar-refractivity contribution in [3.63, 3.8) is 0 Å². The van der Waals surface area contributed by atoms with E-state index in [0.29, 0.717) is 33.5 Å². The number of oxazole rings is 1. The standard InChI is InChI=1S/C15H11BrClNO3/c1-19-9-6-10(16)14-12(7-9)18-15(21-14)8-3-4-13(20-2)11(17)5-8/h3-7H,1-2H3. The molecule has 0 aliphatic rings. The lowest BCUT2D eigenvalue weighted by Gasteiger charge is -2.03. The number of rotatable bonds is 3. The maximum Gasteiger partial charge on any atom is 0.227 e. The lowest BCUT2D eigenvalue weighted by molar-refractivity contribution is 0.415. The zero-order valence-corrected chi connectivity index (χ0v) is 13.7. The molecule has 0 N–H and O–H groups in total. The number of hydrogen-bond acceptors (Lipinski definition) is 4. The van der Waals surface area contributed by atoms with Gasteiger partial charge in [0.05, 0.1) is 23.7 Å². The fourth-order valence-electron chi connectivity index (χ4n) is 2.01. The van der Waals surface area contributed by atoms with Crippen LogP contribution in [0.25, 0.3) is 22.6 Å². The van der Waals surface area contributed by atoms with Gasteiger partial charge in [-0.2, -0.15) is 0 Å². The minimum absolute atomic E-state index is 0.489. The Balaban J connectivity index is 2.12. The van der Waals surface area contributed by atoms with Gasteiger partial charge in [0.1, 0.15) is 17.0 Å². The van der Waals surface area contributed by atoms with Crippen LogP contribution in [0.15, 0.2) is 39.2 Å². The van der Waals surface area contributed by atoms with Gasteiger partial charge in [-0.25, -0.2) is 4.98 Å². The van der Waals surface area contributed by atoms with Crippen LogP contribution < -0.4 is 9.47 Å². The van der Waals surface area contributed by atoms with Crippen LogP contribution in [-0.2, 0) is 0 Å². The molecule has 6 heteroatoms. The van der Waals surface area contributed by atoms with Crippen molar-refractivity contribution in [1.29, 1.82) is 0 Å². The minimum Gasteiger partial charge on any atom is -0.497 e. The van der Waals surface area contributed by atoms with Crippen LogP contribution in [0.4, 0.5) is 0 Å². The topological polar surface area (TPSA) is 44.5 Å². The van der Waals surface area contributed by atoms with Gasteiger partial charge in [0, 0.05) is 11.6 Å². The summed E-state index contributed by atoms with van der Waals surface area (Å²) in [5.74, 6) is 1.81. The molecule has 2 aromatic carbocycles. The fourth-order valence-corrected chi connectivity index (χ4v) is 2.78. The molecule has 0 aliphatic heterocycles. The zero-order valence-electron chi connectivity index (χ0n) is 11.3. The van der Waals surface area contributed by atoms with Gasteiger partial charge in [-0.05, 0) is 40.2 Å². The predicted molar refractivity (Wildman–Crippen MR) is 85.3 cm³/mol. The summed E-state index contributed by atoms with van der Waals surface area (Å²) >= 11 is 9.59. The largest absolute Gasteiger partial charge is 0.497 e. The van der Waals surface area contributed by atoms with Crippen molar-refractivity contribution in [2.24, 2.45) is 0 Å². The van der Waals surface area contributed by atoms with Gasteiger partial charge in [0.15, 0.2) is 5.58 Å². The maximum atomic E-state index is 6.13. The molecule has 0 atom stereocenters. The number of nitrogens with zero attached hydrogens (tertiary/aromatic N) is 1. The monoisotopic (exact) mass is 367 g/mol. The number of aromatic nitrogens is 1. The van der Waals surface area contributed by atoms with E-state index in [4.69, 9.17) is 25.5 Å². The van der Waals surface area contributed by atoms with Crippen LogP contribution in [0.3, 0.4) is 0 Å². The van der Waals surface area contributed by atoms with E-state index in [-0.39, 0.29) is 0 Å². The first-order valence-electron chi connectivity index (χ1n) is 6.10. The maximum absolute atomic E-state index is 6.13. The molecule has 0 saturated carbocycles. The highest BCUT2D eigenvalue weighted by Gasteiger charge is 2.14. The molecule has 21 heavy (non-hydrogen) atoms. The molecule has 0 fully saturated rings. The molecule has 0 saturated heterocycles. The number of methoxy groups -OCH3 is 2. The molecule has 0 radical (unpaired) electrons. The van der Waals surface area contributed by atoms with E-state index in [1.54, 1.807) is 26.4 Å². The molecule has 3 rings (SSSR count). The molecule has 1 aromatic heterocycles. The fraction of sp³-hybridized carbons (Fsp3) is 0.133. The van der Waals surface area contributed by atoms with Crippen LogP contribution in [0.1, 0.15) is 0 Å². The highest BCUT2D eigenvalue weighted by atomic mass is 79.9. The third-order valence-corrected chi connectivity index (χ3v) is 3.94. The van der Waals surface area contributed by atoms with Gasteiger partial charge in [-0.1, -0.05) is 11.6 Å². The Morgan fingerprint density at radius 1 is 1.14 bits per heavy atom. The van der Waals surface area contributed by atoms with Gasteiger partial charge in [-0.15, -0.1) is 0 Å². The van der Waals surface area contributed by atoms with Gasteiger partial charge >= 0.3 is 0 Å². The van der Waals surface area contributed by atoms with E-state index < -0.39 is 0 Å². The van der Waals surface area contributed by atoms with Crippen LogP contribution >= 0.6 is 27.5 Å². The van der Waals surface area contributed by atoms with Gasteiger partial charge < -0.3 is 13.9 Å². The molecule has 0 spiro atoms. The lowest BCUT2D eigenvalue weighted by Crippen LogP contribution is -1.85. The smallest absolute Gasteiger partial charge is 0.227 e. The molecular formula is C15H11BrClNO3. The van der Waals surface area contributed by atoms with E-state index in [2.05, 4.69) is 20.9 Å². The van der Waals surface area contributed by atoms with E-state index in [9.17, 15) is 0 Å². The van der Waals surface area contributed by atoms with Crippen LogP contribution in [-0.4, -0.2) is 19.2 Å². The van der Waals surface area contributed by atoms with Crippen LogP contribution in [0.2, 0.25) is 5.02 Å². The summed E-state index contributed by atoms with van der Waals surface area (Å²) in [5.41, 5.74) is 2.16. The van der Waals surface area contributed by atoms with E-state index in [0.717, 1.165) is 10.0 Å². The number of fused-ring (bicyclic) bond motifs is 1. The van der Waals surface area contributed by atoms with Crippen molar-refractivity contribution < 1.29 is 13.9 Å². The Morgan fingerprint density at radius 3 is 2.62 bits per heavy atom. The summed E-state index contributed by atoms with van der Waals surface area (Å²) in [5, 5.41) is 0.508. The summed E-state index contributed by atoms with van der Waals surface area (Å²) in [6, 6.07) is 9.04. The molecule has 0 bridgehead atoms. The predicted octanol–water partition coefficient (Wildman–Crippen LogP) is 4.93. The Bertz CT molecular complexity index is 816. The first kappa shape index (κ1) is 14.2. The summed E-state index contributed by atoms with van der Waals surface area (Å²) in [4.78, 5) is 4.47. The molecule has 4 nitrogen and oxygen atoms in total. The second-order valence-electron chi connectivity index (χ2n) is 4.33. The highest BCUT2D eigenvalue weighted by Crippen LogP contribution is 2.35. The lowest BCUT2D eigenvalue weighted by atomic mass is 10.2. The Kier molecular flexibility index (Phi) is 3.78. The van der Waals surface area contributed by atoms with Crippen molar-refractivity contribution >= 4 is 38.6 Å². The number of ether oxygens (including phenoxy) is 2. The van der Waals surface area contributed by atoms with E-state index in [1.165, 1.54) is 0 Å². The van der Waals surface area contributed by atoms with Crippen LogP contribution in [0, 0.1) is 0 Å². The van der Waals surface area contributed by atoms with Crippen LogP contribution in [0.5, 0.6) is 11.5 Å². The van der Waals surface area contributed by atoms with Crippen molar-refractivity contribution in [3.8, 4) is 23.0 Å². The quantitative estimate of drug-likeness (QED) is 0.657. The van der Waals surface area contributed by atoms with Crippen molar-refractivity contribution in [3.05, 3.63) is 39.8 Å². The summed E-state index contributed by atoms with van der Waals surface area (Å²) in [6.45, 7) is 0. The third kappa shape index (κ3) is 2.59. The van der Waals surface area contributed by atoms with Crippen molar-refractivity contribution in [1.82, 2.24) is 4.98 Å². The number of benzene rings is 2. The first-order valence-corrected chi connectivity index (χ1v) is 7.27. The number of halogens is 2. The summed E-state index contributed by atoms with van der Waals surface area (Å²) < 4.78 is 16.9. The average Bonchev–Trinajstić information content (AvgIpc) is 2.91. The van der Waals surface area contributed by atoms with Crippen molar-refractivity contribution in [2.45, 2.75) is 0 Å². The Hall–Kier alpha value is -1.72. The molecule has 0 aliphatic carbocycles. The molecule has 1 heterocycles. The van der Waals surface area contributed by atoms with E-state index in [1.807, 2.05) is 18.2 Å². The first-order chi connectivity index (χ1) is 10.1. The normalized spacial score (nSPS) is 10.9. The third-order valence-electron chi connectivity index (χ3n) is 3.05. The molecular weight excluding hydrogens is 358 g/mol. The summed E-state index contributed by atoms with van der Waals surface area (Å²) in [7, 11) is 3.18. The Labute approximate surface area is 134 Å². The summed E-state index contributed by atoms with van der Waals surface area (Å²) in [6.07, 6.45) is 0. The average molecular weight is 369 g/mol. The molecule has 3 aromatic rings. The minimum atomic E-state index is 0.489. The molecule has 0 unspecified atom stereocenters. The Morgan fingerprint density at radius 2 is 1.95 bits per heavy atom. The molecule has 0 amide bonds. The van der Waals surface area contributed by atoms with E-state index >= 15 is 0 Å². The van der Waals surface area contributed by atoms with Crippen molar-refractivity contribution in [2.75, 3.05) is 14.2 Å². The second kappa shape index (κ2) is 5.58.